The Kier molecular flexibility index (Phi) is 57.6. The molecule has 0 aliphatic rings. The molecule has 0 saturated carbocycles. The first-order valence-corrected chi connectivity index (χ1v) is 8.77. The van der Waals surface area contributed by atoms with Crippen molar-refractivity contribution >= 4 is 61.1 Å². The van der Waals surface area contributed by atoms with Crippen LogP contribution >= 0.6 is 12.6 Å². The number of carboxylic acids is 2. The smallest absolute Gasteiger partial charge is 0.792 e. The Balaban J connectivity index is -0.0000000620. The van der Waals surface area contributed by atoms with Crippen molar-refractivity contribution in [1.82, 2.24) is 0 Å². The summed E-state index contributed by atoms with van der Waals surface area (Å²) in [6.45, 7) is 11.7. The van der Waals surface area contributed by atoms with Crippen LogP contribution in [0.5, 0.6) is 0 Å². The number of carbonyl (C=O) groups is 2. The zero-order valence-electron chi connectivity index (χ0n) is 14.5. The Morgan fingerprint density at radius 2 is 1.48 bits per heavy atom. The molecule has 0 aromatic heterocycles. The second kappa shape index (κ2) is 38.2. The normalized spacial score (nSPS) is 7.91. The monoisotopic (exact) mass is 472 g/mol. The summed E-state index contributed by atoms with van der Waals surface area (Å²) in [4.78, 5) is 19.0. The Morgan fingerprint density at radius 1 is 1.09 bits per heavy atom. The number of thiol groups is 1. The van der Waals surface area contributed by atoms with E-state index in [-0.39, 0.29) is 42.5 Å². The summed E-state index contributed by atoms with van der Waals surface area (Å²) in [6.07, 6.45) is 7.46. The maximum atomic E-state index is 9.55. The van der Waals surface area contributed by atoms with Crippen molar-refractivity contribution < 1.29 is 19.8 Å². The van der Waals surface area contributed by atoms with Gasteiger partial charge in [0.25, 0.3) is 0 Å². The molecule has 0 unspecified atom stereocenters. The van der Waals surface area contributed by atoms with E-state index in [0.29, 0.717) is 5.75 Å². The molecule has 0 spiro atoms. The number of rotatable bonds is 8. The van der Waals surface area contributed by atoms with Gasteiger partial charge in [-0.05, 0) is 6.42 Å². The van der Waals surface area contributed by atoms with E-state index in [0.717, 1.165) is 12.8 Å². The zero-order chi connectivity index (χ0) is 18.2. The van der Waals surface area contributed by atoms with Crippen molar-refractivity contribution in [3.63, 3.8) is 0 Å². The Hall–Kier alpha value is 0.439. The SMILES string of the molecule is O=C(O)CCS.O=C([O-])CC[S-].[CH2]CCCC.[CH2]CCCC.[Sn+2]. The molecule has 0 aliphatic heterocycles. The van der Waals surface area contributed by atoms with Gasteiger partial charge in [0, 0.05) is 11.7 Å². The van der Waals surface area contributed by atoms with Crippen LogP contribution in [-0.2, 0) is 22.2 Å². The molecule has 136 valence electrons. The van der Waals surface area contributed by atoms with Crippen LogP contribution < -0.4 is 5.11 Å². The molecule has 0 rings (SSSR count). The van der Waals surface area contributed by atoms with E-state index in [4.69, 9.17) is 5.11 Å². The van der Waals surface area contributed by atoms with Crippen molar-refractivity contribution in [2.24, 2.45) is 0 Å². The molecule has 4 nitrogen and oxygen atoms in total. The van der Waals surface area contributed by atoms with Gasteiger partial charge in [0.15, 0.2) is 0 Å². The fourth-order valence-electron chi connectivity index (χ4n) is 0.679. The fourth-order valence-corrected chi connectivity index (χ4v) is 1.04. The average molecular weight is 471 g/mol. The summed E-state index contributed by atoms with van der Waals surface area (Å²) in [6, 6.07) is 0. The standard InChI is InChI=1S/2C5H11.2C3H6O2S.Sn/c2*1-3-5-4-2;2*4-3(5)1-2-6;/h2*1,3-5H2,2H3;2*6H,1-2H2,(H,4,5);/q;;;;+2/p-2. The van der Waals surface area contributed by atoms with E-state index >= 15 is 0 Å². The molecule has 23 heavy (non-hydrogen) atoms. The first-order valence-electron chi connectivity index (χ1n) is 7.56. The third-order valence-electron chi connectivity index (χ3n) is 1.84. The van der Waals surface area contributed by atoms with E-state index in [1.54, 1.807) is 0 Å². The molecular formula is C16H32O4S2Sn. The maximum absolute atomic E-state index is 9.55. The summed E-state index contributed by atoms with van der Waals surface area (Å²) in [5.74, 6) is -1.17. The topological polar surface area (TPSA) is 77.4 Å². The first-order chi connectivity index (χ1) is 10.4. The Morgan fingerprint density at radius 3 is 1.48 bits per heavy atom. The van der Waals surface area contributed by atoms with Gasteiger partial charge in [0.2, 0.25) is 0 Å². The average Bonchev–Trinajstić information content (AvgIpc) is 2.42. The van der Waals surface area contributed by atoms with E-state index in [9.17, 15) is 14.7 Å². The van der Waals surface area contributed by atoms with Crippen molar-refractivity contribution in [3.8, 4) is 0 Å². The van der Waals surface area contributed by atoms with Crippen LogP contribution in [0.15, 0.2) is 0 Å². The molecule has 0 bridgehead atoms. The van der Waals surface area contributed by atoms with Gasteiger partial charge in [0.1, 0.15) is 0 Å². The van der Waals surface area contributed by atoms with Gasteiger partial charge in [-0.2, -0.15) is 18.4 Å². The molecule has 0 aliphatic carbocycles. The van der Waals surface area contributed by atoms with E-state index in [1.807, 2.05) is 0 Å². The van der Waals surface area contributed by atoms with Gasteiger partial charge in [0.05, 0.1) is 6.42 Å². The number of hydrogen-bond donors (Lipinski definition) is 2. The molecule has 0 fully saturated rings. The summed E-state index contributed by atoms with van der Waals surface area (Å²) < 4.78 is 0. The number of carboxylic acid groups (broad SMARTS) is 2. The van der Waals surface area contributed by atoms with Crippen molar-refractivity contribution in [2.75, 3.05) is 11.5 Å². The first kappa shape index (κ1) is 34.7. The predicted molar refractivity (Wildman–Crippen MR) is 103 cm³/mol. The minimum atomic E-state index is -1.06. The van der Waals surface area contributed by atoms with Gasteiger partial charge < -0.3 is 27.6 Å². The zero-order valence-corrected chi connectivity index (χ0v) is 19.1. The maximum Gasteiger partial charge on any atom is 2.00 e. The molecule has 7 heteroatoms. The number of hydrogen-bond acceptors (Lipinski definition) is 5. The molecule has 1 N–H and O–H groups in total. The predicted octanol–water partition coefficient (Wildman–Crippen LogP) is 2.70. The van der Waals surface area contributed by atoms with Crippen molar-refractivity contribution in [2.45, 2.75) is 65.2 Å². The van der Waals surface area contributed by atoms with Crippen molar-refractivity contribution in [1.29, 1.82) is 0 Å². The second-order valence-corrected chi connectivity index (χ2v) is 4.96. The van der Waals surface area contributed by atoms with Gasteiger partial charge >= 0.3 is 29.9 Å². The van der Waals surface area contributed by atoms with Gasteiger partial charge in [-0.25, -0.2) is 0 Å². The van der Waals surface area contributed by atoms with Gasteiger partial charge in [-0.1, -0.05) is 66.2 Å². The summed E-state index contributed by atoms with van der Waals surface area (Å²) in [7, 11) is 0. The van der Waals surface area contributed by atoms with Crippen LogP contribution in [0.4, 0.5) is 0 Å². The Labute approximate surface area is 171 Å². The Bertz CT molecular complexity index is 192. The summed E-state index contributed by atoms with van der Waals surface area (Å²) >= 11 is 7.99. The van der Waals surface area contributed by atoms with E-state index in [1.165, 1.54) is 25.7 Å². The molecular weight excluding hydrogens is 439 g/mol. The van der Waals surface area contributed by atoms with E-state index in [2.05, 4.69) is 53.0 Å². The number of carbonyl (C=O) groups excluding carboxylic acids is 1. The van der Waals surface area contributed by atoms with Crippen LogP contribution in [-0.4, -0.2) is 52.5 Å². The molecule has 0 saturated heterocycles. The fraction of sp³-hybridized carbons (Fsp3) is 0.750. The van der Waals surface area contributed by atoms with Crippen LogP contribution in [0.1, 0.15) is 65.2 Å². The molecule has 0 heterocycles. The quantitative estimate of drug-likeness (QED) is 0.324. The molecule has 0 aromatic rings. The minimum Gasteiger partial charge on any atom is -0.792 e. The third-order valence-corrected chi connectivity index (χ3v) is 2.27. The third kappa shape index (κ3) is 86.0. The van der Waals surface area contributed by atoms with Gasteiger partial charge in [-0.3, -0.25) is 4.79 Å². The van der Waals surface area contributed by atoms with Crippen molar-refractivity contribution in [3.05, 3.63) is 13.8 Å². The van der Waals surface area contributed by atoms with E-state index < -0.39 is 11.9 Å². The molecule has 0 amide bonds. The van der Waals surface area contributed by atoms with Crippen LogP contribution in [0.2, 0.25) is 0 Å². The van der Waals surface area contributed by atoms with Crippen LogP contribution in [0.25, 0.3) is 0 Å². The van der Waals surface area contributed by atoms with Gasteiger partial charge in [-0.15, -0.1) is 0 Å². The number of unbranched alkanes of at least 4 members (excludes halogenated alkanes) is 4. The molecule has 0 aromatic carbocycles. The largest absolute Gasteiger partial charge is 2.00 e. The van der Waals surface area contributed by atoms with Crippen LogP contribution in [0.3, 0.4) is 0 Å². The molecule has 4 radical (unpaired) electrons. The minimum absolute atomic E-state index is 0. The summed E-state index contributed by atoms with van der Waals surface area (Å²) in [5.41, 5.74) is 0. The second-order valence-electron chi connectivity index (χ2n) is 4.11. The van der Waals surface area contributed by atoms with Crippen LogP contribution in [0, 0.1) is 13.8 Å². The number of aliphatic carboxylic acids is 2. The molecule has 0 atom stereocenters. The summed E-state index contributed by atoms with van der Waals surface area (Å²) in [5, 5.41) is 17.3.